The molecule has 0 aliphatic heterocycles. The fourth-order valence-corrected chi connectivity index (χ4v) is 1.98. The summed E-state index contributed by atoms with van der Waals surface area (Å²) in [6.07, 6.45) is 1.77. The van der Waals surface area contributed by atoms with Crippen LogP contribution in [0, 0.1) is 5.82 Å². The third kappa shape index (κ3) is 2.55. The van der Waals surface area contributed by atoms with E-state index in [-0.39, 0.29) is 5.82 Å². The maximum Gasteiger partial charge on any atom is 0.131 e. The molecule has 3 rings (SSSR count). The van der Waals surface area contributed by atoms with Crippen molar-refractivity contribution in [3.8, 4) is 5.75 Å². The van der Waals surface area contributed by atoms with E-state index in [1.165, 1.54) is 12.1 Å². The number of ether oxygens (including phenoxy) is 1. The zero-order chi connectivity index (χ0) is 13.1. The highest BCUT2D eigenvalue weighted by molar-refractivity contribution is 5.84. The van der Waals surface area contributed by atoms with Gasteiger partial charge in [-0.05, 0) is 35.7 Å². The first-order valence-electron chi connectivity index (χ1n) is 6.04. The van der Waals surface area contributed by atoms with Crippen molar-refractivity contribution < 1.29 is 9.13 Å². The Morgan fingerprint density at radius 2 is 1.74 bits per heavy atom. The summed E-state index contributed by atoms with van der Waals surface area (Å²) in [7, 11) is 0. The predicted octanol–water partition coefficient (Wildman–Crippen LogP) is 3.95. The highest BCUT2D eigenvalue weighted by Gasteiger charge is 2.03. The molecule has 3 aromatic rings. The molecule has 0 saturated heterocycles. The van der Waals surface area contributed by atoms with Gasteiger partial charge in [-0.2, -0.15) is 0 Å². The summed E-state index contributed by atoms with van der Waals surface area (Å²) in [4.78, 5) is 4.34. The fourth-order valence-electron chi connectivity index (χ4n) is 1.98. The number of rotatable bonds is 3. The lowest BCUT2D eigenvalue weighted by Gasteiger charge is -2.08. The zero-order valence-electron chi connectivity index (χ0n) is 10.2. The molecule has 0 aliphatic rings. The summed E-state index contributed by atoms with van der Waals surface area (Å²) in [6.45, 7) is 0.368. The number of hydrogen-bond donors (Lipinski definition) is 0. The van der Waals surface area contributed by atoms with Gasteiger partial charge in [0, 0.05) is 11.6 Å². The second-order valence-electron chi connectivity index (χ2n) is 4.22. The number of fused-ring (bicyclic) bond motifs is 1. The highest BCUT2D eigenvalue weighted by atomic mass is 19.1. The topological polar surface area (TPSA) is 22.1 Å². The lowest BCUT2D eigenvalue weighted by molar-refractivity contribution is 0.302. The summed E-state index contributed by atoms with van der Waals surface area (Å²) in [5, 5.41) is 2.21. The molecule has 0 N–H and O–H groups in total. The van der Waals surface area contributed by atoms with Crippen molar-refractivity contribution >= 4 is 10.8 Å². The van der Waals surface area contributed by atoms with Gasteiger partial charge in [0.2, 0.25) is 0 Å². The molecular formula is C16H12FNO. The van der Waals surface area contributed by atoms with Crippen molar-refractivity contribution in [2.45, 2.75) is 6.61 Å². The molecule has 1 heterocycles. The Kier molecular flexibility index (Phi) is 3.11. The fraction of sp³-hybridized carbons (Fsp3) is 0.0625. The van der Waals surface area contributed by atoms with E-state index in [4.69, 9.17) is 4.74 Å². The van der Waals surface area contributed by atoms with Gasteiger partial charge >= 0.3 is 0 Å². The predicted molar refractivity (Wildman–Crippen MR) is 72.5 cm³/mol. The Balaban J connectivity index is 1.84. The molecule has 94 valence electrons. The first-order chi connectivity index (χ1) is 9.33. The van der Waals surface area contributed by atoms with Gasteiger partial charge in [-0.25, -0.2) is 4.39 Å². The van der Waals surface area contributed by atoms with E-state index < -0.39 is 0 Å². The number of aromatic nitrogens is 1. The molecule has 0 radical (unpaired) electrons. The monoisotopic (exact) mass is 253 g/mol. The Bertz CT molecular complexity index is 689. The summed E-state index contributed by atoms with van der Waals surface area (Å²) < 4.78 is 18.4. The normalized spacial score (nSPS) is 10.6. The molecule has 2 aromatic carbocycles. The van der Waals surface area contributed by atoms with Crippen LogP contribution in [0.2, 0.25) is 0 Å². The maximum absolute atomic E-state index is 12.8. The summed E-state index contributed by atoms with van der Waals surface area (Å²) in [6, 6.07) is 16.0. The number of pyridine rings is 1. The number of nitrogens with zero attached hydrogens (tertiary/aromatic N) is 1. The van der Waals surface area contributed by atoms with Gasteiger partial charge in [0.25, 0.3) is 0 Å². The van der Waals surface area contributed by atoms with Crippen LogP contribution in [0.3, 0.4) is 0 Å². The highest BCUT2D eigenvalue weighted by Crippen LogP contribution is 2.18. The van der Waals surface area contributed by atoms with E-state index in [1.807, 2.05) is 30.3 Å². The summed E-state index contributed by atoms with van der Waals surface area (Å²) in [5.74, 6) is 0.367. The van der Waals surface area contributed by atoms with Crippen LogP contribution < -0.4 is 4.74 Å². The van der Waals surface area contributed by atoms with E-state index in [2.05, 4.69) is 4.98 Å². The third-order valence-corrected chi connectivity index (χ3v) is 2.95. The van der Waals surface area contributed by atoms with Gasteiger partial charge in [0.05, 0.1) is 5.69 Å². The standard InChI is InChI=1S/C16H12FNO/c17-13-5-7-14(8-6-13)19-11-16-15-4-2-1-3-12(15)9-10-18-16/h1-10H,11H2. The Labute approximate surface area is 110 Å². The van der Waals surface area contributed by atoms with E-state index >= 15 is 0 Å². The molecule has 0 amide bonds. The van der Waals surface area contributed by atoms with Crippen LogP contribution in [0.5, 0.6) is 5.75 Å². The van der Waals surface area contributed by atoms with Crippen LogP contribution >= 0.6 is 0 Å². The smallest absolute Gasteiger partial charge is 0.131 e. The van der Waals surface area contributed by atoms with Crippen molar-refractivity contribution in [2.75, 3.05) is 0 Å². The molecule has 0 aliphatic carbocycles. The minimum Gasteiger partial charge on any atom is -0.487 e. The first-order valence-corrected chi connectivity index (χ1v) is 6.04. The molecule has 3 heteroatoms. The number of benzene rings is 2. The Morgan fingerprint density at radius 1 is 0.947 bits per heavy atom. The minimum atomic E-state index is -0.268. The average Bonchev–Trinajstić information content (AvgIpc) is 2.47. The Hall–Kier alpha value is -2.42. The molecule has 0 atom stereocenters. The van der Waals surface area contributed by atoms with E-state index in [9.17, 15) is 4.39 Å². The quantitative estimate of drug-likeness (QED) is 0.705. The lowest BCUT2D eigenvalue weighted by atomic mass is 10.1. The van der Waals surface area contributed by atoms with E-state index in [0.29, 0.717) is 12.4 Å². The minimum absolute atomic E-state index is 0.268. The molecule has 2 nitrogen and oxygen atoms in total. The van der Waals surface area contributed by atoms with Gasteiger partial charge in [-0.1, -0.05) is 24.3 Å². The second kappa shape index (κ2) is 5.06. The molecule has 0 unspecified atom stereocenters. The first kappa shape index (κ1) is 11.7. The molecule has 0 bridgehead atoms. The largest absolute Gasteiger partial charge is 0.487 e. The van der Waals surface area contributed by atoms with Crippen LogP contribution in [0.4, 0.5) is 4.39 Å². The van der Waals surface area contributed by atoms with Crippen molar-refractivity contribution in [3.63, 3.8) is 0 Å². The van der Waals surface area contributed by atoms with Gasteiger partial charge in [-0.3, -0.25) is 4.98 Å². The van der Waals surface area contributed by atoms with E-state index in [1.54, 1.807) is 18.3 Å². The van der Waals surface area contributed by atoms with Crippen molar-refractivity contribution in [1.82, 2.24) is 4.98 Å². The van der Waals surface area contributed by atoms with Crippen LogP contribution in [0.1, 0.15) is 5.69 Å². The van der Waals surface area contributed by atoms with Gasteiger partial charge in [-0.15, -0.1) is 0 Å². The SMILES string of the molecule is Fc1ccc(OCc2nccc3ccccc23)cc1. The number of halogens is 1. The molecule has 1 aromatic heterocycles. The Morgan fingerprint density at radius 3 is 2.58 bits per heavy atom. The lowest BCUT2D eigenvalue weighted by Crippen LogP contribution is -1.99. The molecule has 0 spiro atoms. The average molecular weight is 253 g/mol. The summed E-state index contributed by atoms with van der Waals surface area (Å²) in [5.41, 5.74) is 0.877. The number of hydrogen-bond acceptors (Lipinski definition) is 2. The van der Waals surface area contributed by atoms with Crippen LogP contribution in [0.25, 0.3) is 10.8 Å². The van der Waals surface area contributed by atoms with Crippen molar-refractivity contribution in [2.24, 2.45) is 0 Å². The van der Waals surface area contributed by atoms with Gasteiger partial charge in [0.15, 0.2) is 0 Å². The van der Waals surface area contributed by atoms with Crippen molar-refractivity contribution in [3.05, 3.63) is 72.3 Å². The van der Waals surface area contributed by atoms with E-state index in [0.717, 1.165) is 16.5 Å². The van der Waals surface area contributed by atoms with Crippen LogP contribution in [-0.2, 0) is 6.61 Å². The van der Waals surface area contributed by atoms with Gasteiger partial charge in [0.1, 0.15) is 18.2 Å². The molecule has 19 heavy (non-hydrogen) atoms. The molecule has 0 fully saturated rings. The summed E-state index contributed by atoms with van der Waals surface area (Å²) >= 11 is 0. The van der Waals surface area contributed by atoms with Gasteiger partial charge < -0.3 is 4.74 Å². The van der Waals surface area contributed by atoms with Crippen molar-refractivity contribution in [1.29, 1.82) is 0 Å². The maximum atomic E-state index is 12.8. The molecule has 0 saturated carbocycles. The molecular weight excluding hydrogens is 241 g/mol. The van der Waals surface area contributed by atoms with Crippen LogP contribution in [-0.4, -0.2) is 4.98 Å². The third-order valence-electron chi connectivity index (χ3n) is 2.95. The second-order valence-corrected chi connectivity index (χ2v) is 4.22. The zero-order valence-corrected chi connectivity index (χ0v) is 10.2. The van der Waals surface area contributed by atoms with Crippen LogP contribution in [0.15, 0.2) is 60.8 Å².